The number of aryl methyl sites for hydroxylation is 1. The van der Waals surface area contributed by atoms with Crippen molar-refractivity contribution in [2.75, 3.05) is 0 Å². The van der Waals surface area contributed by atoms with Crippen molar-refractivity contribution < 1.29 is 9.18 Å². The monoisotopic (exact) mass is 323 g/mol. The molecule has 0 aliphatic carbocycles. The highest BCUT2D eigenvalue weighted by atomic mass is 19.1. The van der Waals surface area contributed by atoms with Gasteiger partial charge in [0.15, 0.2) is 0 Å². The van der Waals surface area contributed by atoms with Crippen LogP contribution in [-0.2, 0) is 0 Å². The molecule has 2 saturated heterocycles. The normalized spacial score (nSPS) is 25.8. The predicted octanol–water partition coefficient (Wildman–Crippen LogP) is 4.68. The quantitative estimate of drug-likeness (QED) is 0.785. The van der Waals surface area contributed by atoms with Gasteiger partial charge in [0, 0.05) is 17.6 Å². The molecule has 2 nitrogen and oxygen atoms in total. The van der Waals surface area contributed by atoms with Crippen LogP contribution in [0.25, 0.3) is 0 Å². The Kier molecular flexibility index (Phi) is 3.87. The summed E-state index contributed by atoms with van der Waals surface area (Å²) in [5.74, 6) is 0.427. The number of rotatable bonds is 2. The second-order valence-electron chi connectivity index (χ2n) is 7.13. The maximum absolute atomic E-state index is 13.2. The van der Waals surface area contributed by atoms with Crippen LogP contribution in [0.3, 0.4) is 0 Å². The van der Waals surface area contributed by atoms with E-state index in [-0.39, 0.29) is 11.7 Å². The van der Waals surface area contributed by atoms with Gasteiger partial charge >= 0.3 is 0 Å². The Labute approximate surface area is 142 Å². The van der Waals surface area contributed by atoms with Crippen LogP contribution >= 0.6 is 0 Å². The summed E-state index contributed by atoms with van der Waals surface area (Å²) in [6, 6.07) is 15.4. The van der Waals surface area contributed by atoms with E-state index in [1.54, 1.807) is 12.1 Å². The highest BCUT2D eigenvalue weighted by molar-refractivity contribution is 5.96. The fourth-order valence-corrected chi connectivity index (χ4v) is 4.47. The topological polar surface area (TPSA) is 20.3 Å². The van der Waals surface area contributed by atoms with Gasteiger partial charge < -0.3 is 4.90 Å². The van der Waals surface area contributed by atoms with E-state index in [9.17, 15) is 9.18 Å². The number of carbonyl (C=O) groups is 1. The summed E-state index contributed by atoms with van der Waals surface area (Å²) >= 11 is 0. The summed E-state index contributed by atoms with van der Waals surface area (Å²) in [6.45, 7) is 2.00. The maximum Gasteiger partial charge on any atom is 0.254 e. The first kappa shape index (κ1) is 15.4. The summed E-state index contributed by atoms with van der Waals surface area (Å²) in [5, 5.41) is 0. The van der Waals surface area contributed by atoms with Gasteiger partial charge in [-0.1, -0.05) is 30.3 Å². The lowest BCUT2D eigenvalue weighted by Crippen LogP contribution is -2.46. The summed E-state index contributed by atoms with van der Waals surface area (Å²) in [6.07, 6.45) is 4.14. The summed E-state index contributed by atoms with van der Waals surface area (Å²) in [4.78, 5) is 15.2. The van der Waals surface area contributed by atoms with Crippen LogP contribution in [0.1, 0.15) is 53.1 Å². The van der Waals surface area contributed by atoms with Gasteiger partial charge in [0.05, 0.1) is 0 Å². The summed E-state index contributed by atoms with van der Waals surface area (Å²) in [7, 11) is 0. The molecule has 0 unspecified atom stereocenters. The average molecular weight is 323 g/mol. The largest absolute Gasteiger partial charge is 0.333 e. The molecule has 2 aromatic carbocycles. The fourth-order valence-electron chi connectivity index (χ4n) is 4.47. The number of amides is 1. The van der Waals surface area contributed by atoms with Crippen LogP contribution in [0.4, 0.5) is 4.39 Å². The Bertz CT molecular complexity index is 741. The minimum Gasteiger partial charge on any atom is -0.333 e. The number of fused-ring (bicyclic) bond motifs is 2. The van der Waals surface area contributed by atoms with E-state index in [2.05, 4.69) is 4.90 Å². The first-order valence-corrected chi connectivity index (χ1v) is 8.77. The molecule has 2 aliphatic heterocycles. The molecule has 2 fully saturated rings. The summed E-state index contributed by atoms with van der Waals surface area (Å²) in [5.41, 5.74) is 3.08. The molecular weight excluding hydrogens is 301 g/mol. The van der Waals surface area contributed by atoms with Gasteiger partial charge in [-0.15, -0.1) is 0 Å². The number of nitrogens with zero attached hydrogens (tertiary/aromatic N) is 1. The standard InChI is InChI=1S/C21H22FNO/c1-14-4-2-3-5-20(14)21(24)23-18-10-11-19(23)13-16(12-18)15-6-8-17(22)9-7-15/h2-9,16,18-19H,10-13H2,1H3/t16-,18+,19-. The molecule has 0 aromatic heterocycles. The zero-order valence-electron chi connectivity index (χ0n) is 13.9. The van der Waals surface area contributed by atoms with Gasteiger partial charge in [-0.05, 0) is 67.9 Å². The number of carbonyl (C=O) groups excluding carboxylic acids is 1. The highest BCUT2D eigenvalue weighted by Crippen LogP contribution is 2.43. The molecule has 0 saturated carbocycles. The lowest BCUT2D eigenvalue weighted by Gasteiger charge is -2.39. The van der Waals surface area contributed by atoms with Crippen molar-refractivity contribution in [3.8, 4) is 0 Å². The Hall–Kier alpha value is -2.16. The van der Waals surface area contributed by atoms with Gasteiger partial charge in [0.2, 0.25) is 0 Å². The van der Waals surface area contributed by atoms with Crippen molar-refractivity contribution in [2.24, 2.45) is 0 Å². The Balaban J connectivity index is 1.56. The van der Waals surface area contributed by atoms with E-state index in [1.807, 2.05) is 43.3 Å². The van der Waals surface area contributed by atoms with Crippen molar-refractivity contribution >= 4 is 5.91 Å². The van der Waals surface area contributed by atoms with Crippen LogP contribution in [0, 0.1) is 12.7 Å². The smallest absolute Gasteiger partial charge is 0.254 e. The van der Waals surface area contributed by atoms with Crippen molar-refractivity contribution in [1.82, 2.24) is 4.90 Å². The molecule has 0 spiro atoms. The molecule has 2 aliphatic rings. The van der Waals surface area contributed by atoms with E-state index in [1.165, 1.54) is 5.56 Å². The maximum atomic E-state index is 13.2. The molecule has 0 N–H and O–H groups in total. The number of benzene rings is 2. The van der Waals surface area contributed by atoms with Crippen LogP contribution in [0.15, 0.2) is 48.5 Å². The number of hydrogen-bond donors (Lipinski definition) is 0. The van der Waals surface area contributed by atoms with E-state index >= 15 is 0 Å². The van der Waals surface area contributed by atoms with Gasteiger partial charge in [-0.2, -0.15) is 0 Å². The number of halogens is 1. The second kappa shape index (κ2) is 6.04. The lowest BCUT2D eigenvalue weighted by atomic mass is 9.84. The van der Waals surface area contributed by atoms with Gasteiger partial charge in [0.1, 0.15) is 5.82 Å². The second-order valence-corrected chi connectivity index (χ2v) is 7.13. The van der Waals surface area contributed by atoms with Crippen molar-refractivity contribution in [1.29, 1.82) is 0 Å². The summed E-state index contributed by atoms with van der Waals surface area (Å²) < 4.78 is 13.2. The molecule has 3 heteroatoms. The fraction of sp³-hybridized carbons (Fsp3) is 0.381. The molecule has 1 amide bonds. The molecule has 124 valence electrons. The minimum atomic E-state index is -0.186. The Morgan fingerprint density at radius 1 is 1.00 bits per heavy atom. The van der Waals surface area contributed by atoms with E-state index in [4.69, 9.17) is 0 Å². The third-order valence-corrected chi connectivity index (χ3v) is 5.68. The van der Waals surface area contributed by atoms with Crippen LogP contribution in [0.5, 0.6) is 0 Å². The molecule has 24 heavy (non-hydrogen) atoms. The first-order chi connectivity index (χ1) is 11.6. The van der Waals surface area contributed by atoms with Crippen LogP contribution < -0.4 is 0 Å². The van der Waals surface area contributed by atoms with Crippen molar-refractivity contribution in [3.63, 3.8) is 0 Å². The number of hydrogen-bond acceptors (Lipinski definition) is 1. The number of piperidine rings is 1. The Morgan fingerprint density at radius 2 is 1.62 bits per heavy atom. The molecular formula is C21H22FNO. The Morgan fingerprint density at radius 3 is 2.25 bits per heavy atom. The van der Waals surface area contributed by atoms with Gasteiger partial charge in [0.25, 0.3) is 5.91 Å². The zero-order chi connectivity index (χ0) is 16.7. The van der Waals surface area contributed by atoms with E-state index < -0.39 is 0 Å². The van der Waals surface area contributed by atoms with E-state index in [0.717, 1.165) is 36.8 Å². The SMILES string of the molecule is Cc1ccccc1C(=O)N1[C@@H]2CC[C@H]1C[C@@H](c1ccc(F)cc1)C2. The third-order valence-electron chi connectivity index (χ3n) is 5.68. The molecule has 2 bridgehead atoms. The first-order valence-electron chi connectivity index (χ1n) is 8.77. The van der Waals surface area contributed by atoms with Crippen LogP contribution in [0.2, 0.25) is 0 Å². The molecule has 2 aromatic rings. The molecule has 0 radical (unpaired) electrons. The van der Waals surface area contributed by atoms with Gasteiger partial charge in [-0.3, -0.25) is 4.79 Å². The third kappa shape index (κ3) is 2.62. The molecule has 2 heterocycles. The van der Waals surface area contributed by atoms with Crippen molar-refractivity contribution in [3.05, 3.63) is 71.0 Å². The van der Waals surface area contributed by atoms with E-state index in [0.29, 0.717) is 18.0 Å². The van der Waals surface area contributed by atoms with Crippen LogP contribution in [-0.4, -0.2) is 22.9 Å². The van der Waals surface area contributed by atoms with Crippen molar-refractivity contribution in [2.45, 2.75) is 50.6 Å². The average Bonchev–Trinajstić information content (AvgIpc) is 2.85. The molecule has 4 rings (SSSR count). The highest BCUT2D eigenvalue weighted by Gasteiger charge is 2.43. The lowest BCUT2D eigenvalue weighted by molar-refractivity contribution is 0.0571. The minimum absolute atomic E-state index is 0.179. The molecule has 3 atom stereocenters. The van der Waals surface area contributed by atoms with Gasteiger partial charge in [-0.25, -0.2) is 4.39 Å². The predicted molar refractivity (Wildman–Crippen MR) is 92.5 cm³/mol. The zero-order valence-corrected chi connectivity index (χ0v) is 13.9.